The van der Waals surface area contributed by atoms with E-state index in [0.717, 1.165) is 5.56 Å². The summed E-state index contributed by atoms with van der Waals surface area (Å²) in [6, 6.07) is 9.59. The molecule has 0 N–H and O–H groups in total. The lowest BCUT2D eigenvalue weighted by Gasteiger charge is -2.28. The highest BCUT2D eigenvalue weighted by atomic mass is 19.3. The molecular weight excluding hydrogens is 230 g/mol. The highest BCUT2D eigenvalue weighted by Crippen LogP contribution is 2.21. The Hall–Kier alpha value is -1.04. The molecule has 0 amide bonds. The Morgan fingerprint density at radius 3 is 2.47 bits per heavy atom. The molecule has 0 unspecified atom stereocenters. The van der Waals surface area contributed by atoms with Crippen LogP contribution < -0.4 is 0 Å². The van der Waals surface area contributed by atoms with Crippen LogP contribution in [0.2, 0.25) is 0 Å². The SMILES string of the molecule is FC1(F)COC(COCc2ccccc2)OC1. The van der Waals surface area contributed by atoms with E-state index in [2.05, 4.69) is 0 Å². The van der Waals surface area contributed by atoms with Gasteiger partial charge in [-0.15, -0.1) is 0 Å². The zero-order chi connectivity index (χ0) is 12.1. The Morgan fingerprint density at radius 1 is 1.18 bits per heavy atom. The molecule has 1 aliphatic rings. The molecule has 5 heteroatoms. The molecule has 3 nitrogen and oxygen atoms in total. The van der Waals surface area contributed by atoms with Crippen molar-refractivity contribution >= 4 is 0 Å². The van der Waals surface area contributed by atoms with Gasteiger partial charge in [-0.25, -0.2) is 8.78 Å². The molecule has 17 heavy (non-hydrogen) atoms. The predicted octanol–water partition coefficient (Wildman–Crippen LogP) is 2.21. The van der Waals surface area contributed by atoms with Gasteiger partial charge >= 0.3 is 0 Å². The van der Waals surface area contributed by atoms with Gasteiger partial charge in [0.1, 0.15) is 13.2 Å². The fraction of sp³-hybridized carbons (Fsp3) is 0.500. The van der Waals surface area contributed by atoms with Gasteiger partial charge in [-0.2, -0.15) is 0 Å². The number of ether oxygens (including phenoxy) is 3. The van der Waals surface area contributed by atoms with Crippen LogP contribution in [-0.4, -0.2) is 32.0 Å². The lowest BCUT2D eigenvalue weighted by atomic mass is 10.2. The van der Waals surface area contributed by atoms with E-state index in [1.165, 1.54) is 0 Å². The molecule has 1 fully saturated rings. The van der Waals surface area contributed by atoms with Crippen LogP contribution >= 0.6 is 0 Å². The molecule has 0 radical (unpaired) electrons. The second-order valence-electron chi connectivity index (χ2n) is 3.91. The third kappa shape index (κ3) is 4.03. The molecule has 1 aliphatic heterocycles. The van der Waals surface area contributed by atoms with Gasteiger partial charge in [-0.1, -0.05) is 30.3 Å². The van der Waals surface area contributed by atoms with E-state index in [9.17, 15) is 8.78 Å². The summed E-state index contributed by atoms with van der Waals surface area (Å²) in [4.78, 5) is 0. The van der Waals surface area contributed by atoms with E-state index in [-0.39, 0.29) is 6.61 Å². The lowest BCUT2D eigenvalue weighted by molar-refractivity contribution is -0.279. The van der Waals surface area contributed by atoms with Crippen LogP contribution in [0, 0.1) is 0 Å². The van der Waals surface area contributed by atoms with Crippen molar-refractivity contribution in [3.8, 4) is 0 Å². The summed E-state index contributed by atoms with van der Waals surface area (Å²) in [6.07, 6.45) is -0.696. The zero-order valence-corrected chi connectivity index (χ0v) is 9.27. The average Bonchev–Trinajstić information content (AvgIpc) is 2.33. The highest BCUT2D eigenvalue weighted by Gasteiger charge is 2.36. The van der Waals surface area contributed by atoms with E-state index in [4.69, 9.17) is 14.2 Å². The number of benzene rings is 1. The minimum atomic E-state index is -2.88. The van der Waals surface area contributed by atoms with Crippen molar-refractivity contribution < 1.29 is 23.0 Å². The molecule has 1 heterocycles. The van der Waals surface area contributed by atoms with Crippen LogP contribution in [-0.2, 0) is 20.8 Å². The Kier molecular flexibility index (Phi) is 4.04. The minimum Gasteiger partial charge on any atom is -0.371 e. The summed E-state index contributed by atoms with van der Waals surface area (Å²) >= 11 is 0. The molecule has 1 saturated heterocycles. The Morgan fingerprint density at radius 2 is 1.82 bits per heavy atom. The molecule has 0 saturated carbocycles. The summed E-state index contributed by atoms with van der Waals surface area (Å²) in [7, 11) is 0. The monoisotopic (exact) mass is 244 g/mol. The first kappa shape index (κ1) is 12.4. The van der Waals surface area contributed by atoms with Gasteiger partial charge in [0.25, 0.3) is 5.92 Å². The second-order valence-corrected chi connectivity index (χ2v) is 3.91. The number of rotatable bonds is 4. The number of halogens is 2. The first-order valence-electron chi connectivity index (χ1n) is 5.38. The van der Waals surface area contributed by atoms with Crippen LogP contribution in [0.3, 0.4) is 0 Å². The van der Waals surface area contributed by atoms with Crippen molar-refractivity contribution in [1.82, 2.24) is 0 Å². The van der Waals surface area contributed by atoms with Crippen LogP contribution in [0.4, 0.5) is 8.78 Å². The summed E-state index contributed by atoms with van der Waals surface area (Å²) in [5.41, 5.74) is 1.02. The molecule has 0 aliphatic carbocycles. The average molecular weight is 244 g/mol. The van der Waals surface area contributed by atoms with Gasteiger partial charge in [0.05, 0.1) is 13.2 Å². The van der Waals surface area contributed by atoms with Crippen molar-refractivity contribution in [2.24, 2.45) is 0 Å². The van der Waals surface area contributed by atoms with Crippen molar-refractivity contribution in [3.05, 3.63) is 35.9 Å². The van der Waals surface area contributed by atoms with Gasteiger partial charge in [0.15, 0.2) is 6.29 Å². The smallest absolute Gasteiger partial charge is 0.293 e. The van der Waals surface area contributed by atoms with Gasteiger partial charge in [0.2, 0.25) is 0 Å². The molecule has 0 bridgehead atoms. The first-order chi connectivity index (χ1) is 8.16. The lowest BCUT2D eigenvalue weighted by Crippen LogP contribution is -2.42. The van der Waals surface area contributed by atoms with Gasteiger partial charge in [0, 0.05) is 0 Å². The molecule has 0 aromatic heterocycles. The van der Waals surface area contributed by atoms with Crippen molar-refractivity contribution in [2.75, 3.05) is 19.8 Å². The number of hydrogen-bond acceptors (Lipinski definition) is 3. The summed E-state index contributed by atoms with van der Waals surface area (Å²) in [5, 5.41) is 0. The fourth-order valence-electron chi connectivity index (χ4n) is 1.46. The Labute approximate surface area is 98.3 Å². The largest absolute Gasteiger partial charge is 0.371 e. The predicted molar refractivity (Wildman–Crippen MR) is 56.7 cm³/mol. The fourth-order valence-corrected chi connectivity index (χ4v) is 1.46. The maximum absolute atomic E-state index is 12.7. The normalized spacial score (nSPS) is 20.4. The minimum absolute atomic E-state index is 0.158. The Balaban J connectivity index is 1.67. The van der Waals surface area contributed by atoms with E-state index >= 15 is 0 Å². The number of alkyl halides is 2. The third-order valence-electron chi connectivity index (χ3n) is 2.33. The van der Waals surface area contributed by atoms with Crippen LogP contribution in [0.25, 0.3) is 0 Å². The topological polar surface area (TPSA) is 27.7 Å². The van der Waals surface area contributed by atoms with E-state index in [1.807, 2.05) is 30.3 Å². The highest BCUT2D eigenvalue weighted by molar-refractivity contribution is 5.13. The zero-order valence-electron chi connectivity index (χ0n) is 9.27. The summed E-state index contributed by atoms with van der Waals surface area (Å²) < 4.78 is 40.3. The van der Waals surface area contributed by atoms with Crippen LogP contribution in [0.15, 0.2) is 30.3 Å². The molecule has 0 spiro atoms. The van der Waals surface area contributed by atoms with Gasteiger partial charge in [-0.3, -0.25) is 0 Å². The van der Waals surface area contributed by atoms with Gasteiger partial charge < -0.3 is 14.2 Å². The van der Waals surface area contributed by atoms with Crippen LogP contribution in [0.5, 0.6) is 0 Å². The molecule has 0 atom stereocenters. The third-order valence-corrected chi connectivity index (χ3v) is 2.33. The maximum Gasteiger partial charge on any atom is 0.293 e. The van der Waals surface area contributed by atoms with Crippen molar-refractivity contribution in [2.45, 2.75) is 18.8 Å². The molecule has 1 aromatic carbocycles. The first-order valence-corrected chi connectivity index (χ1v) is 5.38. The molecule has 94 valence electrons. The van der Waals surface area contributed by atoms with E-state index in [1.54, 1.807) is 0 Å². The standard InChI is InChI=1S/C12H14F2O3/c13-12(14)8-16-11(17-9-12)7-15-6-10-4-2-1-3-5-10/h1-5,11H,6-9H2. The van der Waals surface area contributed by atoms with Crippen molar-refractivity contribution in [3.63, 3.8) is 0 Å². The van der Waals surface area contributed by atoms with Crippen molar-refractivity contribution in [1.29, 1.82) is 0 Å². The second kappa shape index (κ2) is 5.53. The van der Waals surface area contributed by atoms with E-state index < -0.39 is 25.4 Å². The molecular formula is C12H14F2O3. The maximum atomic E-state index is 12.7. The quantitative estimate of drug-likeness (QED) is 0.812. The molecule has 2 rings (SSSR count). The summed E-state index contributed by atoms with van der Waals surface area (Å²) in [5.74, 6) is -2.88. The van der Waals surface area contributed by atoms with Gasteiger partial charge in [-0.05, 0) is 5.56 Å². The van der Waals surface area contributed by atoms with E-state index in [0.29, 0.717) is 6.61 Å². The molecule has 1 aromatic rings. The summed E-state index contributed by atoms with van der Waals surface area (Å²) in [6.45, 7) is -0.635. The number of hydrogen-bond donors (Lipinski definition) is 0. The Bertz CT molecular complexity index is 333. The van der Waals surface area contributed by atoms with Crippen LogP contribution in [0.1, 0.15) is 5.56 Å².